The fourth-order valence-corrected chi connectivity index (χ4v) is 4.71. The zero-order chi connectivity index (χ0) is 17.6. The van der Waals surface area contributed by atoms with E-state index in [0.29, 0.717) is 12.1 Å². The highest BCUT2D eigenvalue weighted by Crippen LogP contribution is 2.44. The minimum absolute atomic E-state index is 0.237. The first-order chi connectivity index (χ1) is 11.9. The molecule has 1 aromatic rings. The maximum absolute atomic E-state index is 13.4. The van der Waals surface area contributed by atoms with Crippen LogP contribution in [0.5, 0.6) is 0 Å². The van der Waals surface area contributed by atoms with Crippen molar-refractivity contribution in [2.75, 3.05) is 13.1 Å². The van der Waals surface area contributed by atoms with Gasteiger partial charge in [0.05, 0.1) is 0 Å². The van der Waals surface area contributed by atoms with Crippen molar-refractivity contribution in [2.45, 2.75) is 58.0 Å². The summed E-state index contributed by atoms with van der Waals surface area (Å²) in [5.41, 5.74) is 3.66. The van der Waals surface area contributed by atoms with Crippen LogP contribution in [0.25, 0.3) is 5.57 Å². The van der Waals surface area contributed by atoms with Crippen LogP contribution in [0.4, 0.5) is 0 Å². The van der Waals surface area contributed by atoms with Gasteiger partial charge in [-0.3, -0.25) is 4.79 Å². The topological polar surface area (TPSA) is 32.3 Å². The second kappa shape index (κ2) is 6.44. The van der Waals surface area contributed by atoms with Gasteiger partial charge in [0.15, 0.2) is 0 Å². The standard InChI is InChI=1S/C21H27ClN2O/c1-21(2)10-9-18(19(11-21)14-3-5-15(22)6-4-14)20(25)24-13-16-7-8-17(24)12-23-16/h3-6,16-17,23H,7-13H2,1-2H3. The first kappa shape index (κ1) is 17.1. The number of rotatable bonds is 2. The number of hydrogen-bond donors (Lipinski definition) is 1. The number of piperidine rings is 2. The molecule has 0 radical (unpaired) electrons. The summed E-state index contributed by atoms with van der Waals surface area (Å²) in [4.78, 5) is 15.6. The van der Waals surface area contributed by atoms with Gasteiger partial charge < -0.3 is 10.2 Å². The fraction of sp³-hybridized carbons (Fsp3) is 0.571. The van der Waals surface area contributed by atoms with Gasteiger partial charge in [0, 0.05) is 35.8 Å². The fourth-order valence-electron chi connectivity index (χ4n) is 4.58. The van der Waals surface area contributed by atoms with Crippen molar-refractivity contribution < 1.29 is 4.79 Å². The van der Waals surface area contributed by atoms with Gasteiger partial charge in [0.2, 0.25) is 5.91 Å². The number of carbonyl (C=O) groups excluding carboxylic acids is 1. The molecule has 0 aromatic heterocycles. The number of fused-ring (bicyclic) bond motifs is 3. The molecule has 1 N–H and O–H groups in total. The molecule has 1 aliphatic carbocycles. The summed E-state index contributed by atoms with van der Waals surface area (Å²) in [5.74, 6) is 0.275. The number of allylic oxidation sites excluding steroid dienone is 1. The summed E-state index contributed by atoms with van der Waals surface area (Å²) < 4.78 is 0. The molecule has 3 heterocycles. The molecule has 3 saturated heterocycles. The number of piperazine rings is 1. The Balaban J connectivity index is 1.70. The SMILES string of the molecule is CC1(C)CCC(C(=O)N2CC3CCC2CN3)=C(c2ccc(Cl)cc2)C1. The van der Waals surface area contributed by atoms with Crippen LogP contribution in [0, 0.1) is 5.41 Å². The highest BCUT2D eigenvalue weighted by molar-refractivity contribution is 6.30. The maximum Gasteiger partial charge on any atom is 0.250 e. The zero-order valence-corrected chi connectivity index (χ0v) is 15.9. The van der Waals surface area contributed by atoms with E-state index in [0.717, 1.165) is 54.9 Å². The van der Waals surface area contributed by atoms with Crippen LogP contribution >= 0.6 is 11.6 Å². The highest BCUT2D eigenvalue weighted by Gasteiger charge is 2.39. The smallest absolute Gasteiger partial charge is 0.250 e. The molecule has 3 fully saturated rings. The van der Waals surface area contributed by atoms with Crippen molar-refractivity contribution in [3.8, 4) is 0 Å². The van der Waals surface area contributed by atoms with E-state index in [1.807, 2.05) is 12.1 Å². The number of hydrogen-bond acceptors (Lipinski definition) is 2. The van der Waals surface area contributed by atoms with Crippen molar-refractivity contribution in [1.29, 1.82) is 0 Å². The number of benzene rings is 1. The lowest BCUT2D eigenvalue weighted by atomic mass is 9.72. The summed E-state index contributed by atoms with van der Waals surface area (Å²) in [7, 11) is 0. The van der Waals surface area contributed by atoms with Crippen molar-refractivity contribution in [3.63, 3.8) is 0 Å². The molecule has 2 unspecified atom stereocenters. The molecular formula is C21H27ClN2O. The minimum Gasteiger partial charge on any atom is -0.333 e. The molecule has 1 aromatic carbocycles. The predicted octanol–water partition coefficient (Wildman–Crippen LogP) is 4.27. The zero-order valence-electron chi connectivity index (χ0n) is 15.1. The minimum atomic E-state index is 0.237. The monoisotopic (exact) mass is 358 g/mol. The highest BCUT2D eigenvalue weighted by atomic mass is 35.5. The average molecular weight is 359 g/mol. The summed E-state index contributed by atoms with van der Waals surface area (Å²) in [5, 5.41) is 4.29. The molecule has 3 aliphatic heterocycles. The molecule has 4 aliphatic rings. The van der Waals surface area contributed by atoms with Gasteiger partial charge >= 0.3 is 0 Å². The third-order valence-corrected chi connectivity index (χ3v) is 6.38. The van der Waals surface area contributed by atoms with E-state index in [1.54, 1.807) is 0 Å². The quantitative estimate of drug-likeness (QED) is 0.856. The normalized spacial score (nSPS) is 28.4. The van der Waals surface area contributed by atoms with E-state index >= 15 is 0 Å². The second-order valence-corrected chi connectivity index (χ2v) is 9.04. The lowest BCUT2D eigenvalue weighted by Gasteiger charge is -2.47. The van der Waals surface area contributed by atoms with Gasteiger partial charge in [-0.2, -0.15) is 0 Å². The van der Waals surface area contributed by atoms with Gasteiger partial charge in [-0.05, 0) is 60.8 Å². The second-order valence-electron chi connectivity index (χ2n) is 8.60. The van der Waals surface area contributed by atoms with Crippen LogP contribution in [0.15, 0.2) is 29.8 Å². The van der Waals surface area contributed by atoms with Crippen LogP contribution in [0.2, 0.25) is 5.02 Å². The van der Waals surface area contributed by atoms with E-state index in [-0.39, 0.29) is 11.3 Å². The Labute approximate surface area is 155 Å². The molecule has 134 valence electrons. The van der Waals surface area contributed by atoms with Gasteiger partial charge in [-0.25, -0.2) is 0 Å². The van der Waals surface area contributed by atoms with Crippen LogP contribution in [0.3, 0.4) is 0 Å². The Morgan fingerprint density at radius 2 is 2.00 bits per heavy atom. The van der Waals surface area contributed by atoms with Crippen LogP contribution < -0.4 is 5.32 Å². The number of carbonyl (C=O) groups is 1. The summed E-state index contributed by atoms with van der Waals surface area (Å²) in [6.07, 6.45) is 5.25. The van der Waals surface area contributed by atoms with Crippen molar-refractivity contribution in [2.24, 2.45) is 5.41 Å². The van der Waals surface area contributed by atoms with Crippen LogP contribution in [-0.4, -0.2) is 36.0 Å². The number of halogens is 1. The molecule has 0 saturated carbocycles. The van der Waals surface area contributed by atoms with E-state index < -0.39 is 0 Å². The van der Waals surface area contributed by atoms with E-state index in [2.05, 4.69) is 36.2 Å². The van der Waals surface area contributed by atoms with Gasteiger partial charge in [-0.15, -0.1) is 0 Å². The molecule has 1 amide bonds. The number of nitrogens with zero attached hydrogens (tertiary/aromatic N) is 1. The first-order valence-electron chi connectivity index (χ1n) is 9.45. The van der Waals surface area contributed by atoms with E-state index in [1.165, 1.54) is 12.0 Å². The summed E-state index contributed by atoms with van der Waals surface area (Å²) >= 11 is 6.07. The van der Waals surface area contributed by atoms with Gasteiger partial charge in [0.25, 0.3) is 0 Å². The van der Waals surface area contributed by atoms with Crippen molar-refractivity contribution in [3.05, 3.63) is 40.4 Å². The lowest BCUT2D eigenvalue weighted by Crippen LogP contribution is -2.62. The van der Waals surface area contributed by atoms with E-state index in [9.17, 15) is 4.79 Å². The molecular weight excluding hydrogens is 332 g/mol. The van der Waals surface area contributed by atoms with Crippen molar-refractivity contribution >= 4 is 23.1 Å². The van der Waals surface area contributed by atoms with E-state index in [4.69, 9.17) is 11.6 Å². The Morgan fingerprint density at radius 3 is 2.60 bits per heavy atom. The predicted molar refractivity (Wildman–Crippen MR) is 103 cm³/mol. The Morgan fingerprint density at radius 1 is 1.24 bits per heavy atom. The molecule has 2 atom stereocenters. The van der Waals surface area contributed by atoms with Crippen molar-refractivity contribution in [1.82, 2.24) is 10.2 Å². The van der Waals surface area contributed by atoms with Gasteiger partial charge in [-0.1, -0.05) is 37.6 Å². The number of amides is 1. The Bertz CT molecular complexity index is 699. The Kier molecular flexibility index (Phi) is 4.41. The first-order valence-corrected chi connectivity index (χ1v) is 9.83. The third kappa shape index (κ3) is 3.37. The average Bonchev–Trinajstić information content (AvgIpc) is 2.62. The molecule has 3 nitrogen and oxygen atoms in total. The van der Waals surface area contributed by atoms with Crippen LogP contribution in [0.1, 0.15) is 51.5 Å². The lowest BCUT2D eigenvalue weighted by molar-refractivity contribution is -0.133. The van der Waals surface area contributed by atoms with Crippen LogP contribution in [-0.2, 0) is 4.79 Å². The summed E-state index contributed by atoms with van der Waals surface area (Å²) in [6, 6.07) is 8.84. The number of nitrogens with one attached hydrogen (secondary N) is 1. The molecule has 2 bridgehead atoms. The Hall–Kier alpha value is -1.32. The molecule has 25 heavy (non-hydrogen) atoms. The summed E-state index contributed by atoms with van der Waals surface area (Å²) in [6.45, 7) is 6.42. The van der Waals surface area contributed by atoms with Gasteiger partial charge in [0.1, 0.15) is 0 Å². The third-order valence-electron chi connectivity index (χ3n) is 6.13. The molecule has 4 heteroatoms. The maximum atomic E-state index is 13.4. The molecule has 5 rings (SSSR count). The largest absolute Gasteiger partial charge is 0.333 e. The molecule has 0 spiro atoms.